The molecule has 0 aliphatic heterocycles. The van der Waals surface area contributed by atoms with Crippen molar-refractivity contribution < 1.29 is 18.8 Å². The lowest BCUT2D eigenvalue weighted by atomic mass is 9.93. The summed E-state index contributed by atoms with van der Waals surface area (Å²) >= 11 is 0. The third-order valence-electron chi connectivity index (χ3n) is 4.61. The number of ether oxygens (including phenoxy) is 1. The van der Waals surface area contributed by atoms with Crippen LogP contribution in [-0.4, -0.2) is 41.6 Å². The van der Waals surface area contributed by atoms with Crippen LogP contribution in [0.1, 0.15) is 42.5 Å². The number of carbonyl (C=O) groups excluding carboxylic acids is 2. The Morgan fingerprint density at radius 1 is 1.27 bits per heavy atom. The number of carbonyl (C=O) groups is 2. The van der Waals surface area contributed by atoms with Crippen LogP contribution in [0.15, 0.2) is 41.1 Å². The zero-order valence-electron chi connectivity index (χ0n) is 14.8. The predicted octanol–water partition coefficient (Wildman–Crippen LogP) is 3.10. The van der Waals surface area contributed by atoms with Gasteiger partial charge in [-0.1, -0.05) is 30.5 Å². The number of hydrogen-bond acceptors (Lipinski definition) is 5. The Hall–Kier alpha value is -2.83. The zero-order chi connectivity index (χ0) is 18.4. The van der Waals surface area contributed by atoms with Crippen LogP contribution in [0, 0.1) is 0 Å². The molecular formula is C19H23N3O4. The van der Waals surface area contributed by atoms with Crippen LogP contribution in [0.25, 0.3) is 0 Å². The van der Waals surface area contributed by atoms with Crippen molar-refractivity contribution in [1.29, 1.82) is 0 Å². The van der Waals surface area contributed by atoms with Crippen molar-refractivity contribution in [2.24, 2.45) is 0 Å². The Bertz CT molecular complexity index is 739. The second-order valence-electron chi connectivity index (χ2n) is 6.39. The highest BCUT2D eigenvalue weighted by atomic mass is 16.5. The molecule has 1 aliphatic rings. The third-order valence-corrected chi connectivity index (χ3v) is 4.61. The maximum Gasteiger partial charge on any atom is 0.254 e. The van der Waals surface area contributed by atoms with E-state index in [1.807, 2.05) is 0 Å². The SMILES string of the molecule is COc1cccc(C(=O)N(CC(=O)Nc2ccon2)C2CCCCC2)c1. The first-order valence-electron chi connectivity index (χ1n) is 8.82. The number of methoxy groups -OCH3 is 1. The van der Waals surface area contributed by atoms with Crippen molar-refractivity contribution in [3.8, 4) is 5.75 Å². The minimum Gasteiger partial charge on any atom is -0.497 e. The standard InChI is InChI=1S/C19H23N3O4/c1-25-16-9-5-6-14(12-16)19(24)22(15-7-3-2-4-8-15)13-18(23)20-17-10-11-26-21-17/h5-6,9-12,15H,2-4,7-8,13H2,1H3,(H,20,21,23). The Labute approximate surface area is 152 Å². The van der Waals surface area contributed by atoms with E-state index in [2.05, 4.69) is 10.5 Å². The van der Waals surface area contributed by atoms with Crippen molar-refractivity contribution in [3.05, 3.63) is 42.2 Å². The molecule has 0 unspecified atom stereocenters. The molecule has 1 fully saturated rings. The van der Waals surface area contributed by atoms with Crippen molar-refractivity contribution in [2.75, 3.05) is 19.0 Å². The van der Waals surface area contributed by atoms with Gasteiger partial charge >= 0.3 is 0 Å². The molecule has 3 rings (SSSR count). The number of hydrogen-bond donors (Lipinski definition) is 1. The fourth-order valence-electron chi connectivity index (χ4n) is 3.30. The van der Waals surface area contributed by atoms with Crippen molar-refractivity contribution in [3.63, 3.8) is 0 Å². The number of nitrogens with zero attached hydrogens (tertiary/aromatic N) is 2. The predicted molar refractivity (Wildman–Crippen MR) is 96.0 cm³/mol. The van der Waals surface area contributed by atoms with Gasteiger partial charge in [0.1, 0.15) is 18.6 Å². The molecule has 0 spiro atoms. The molecule has 1 N–H and O–H groups in total. The summed E-state index contributed by atoms with van der Waals surface area (Å²) < 4.78 is 9.93. The fourth-order valence-corrected chi connectivity index (χ4v) is 3.30. The van der Waals surface area contributed by atoms with Gasteiger partial charge in [-0.05, 0) is 31.0 Å². The first-order chi connectivity index (χ1) is 12.7. The van der Waals surface area contributed by atoms with E-state index in [0.29, 0.717) is 17.1 Å². The largest absolute Gasteiger partial charge is 0.497 e. The molecule has 7 nitrogen and oxygen atoms in total. The molecule has 26 heavy (non-hydrogen) atoms. The molecule has 0 atom stereocenters. The summed E-state index contributed by atoms with van der Waals surface area (Å²) in [6.45, 7) is -0.0203. The highest BCUT2D eigenvalue weighted by molar-refractivity contribution is 5.99. The molecule has 0 bridgehead atoms. The molecule has 1 aliphatic carbocycles. The lowest BCUT2D eigenvalue weighted by molar-refractivity contribution is -0.117. The van der Waals surface area contributed by atoms with Gasteiger partial charge in [0, 0.05) is 17.7 Å². The van der Waals surface area contributed by atoms with E-state index in [1.54, 1.807) is 42.3 Å². The van der Waals surface area contributed by atoms with Gasteiger partial charge in [0.25, 0.3) is 5.91 Å². The summed E-state index contributed by atoms with van der Waals surface area (Å²) in [5, 5.41) is 6.33. The summed E-state index contributed by atoms with van der Waals surface area (Å²) in [6.07, 6.45) is 6.51. The molecule has 0 saturated heterocycles. The lowest BCUT2D eigenvalue weighted by Crippen LogP contribution is -2.45. The van der Waals surface area contributed by atoms with Crippen molar-refractivity contribution >= 4 is 17.6 Å². The number of anilines is 1. The average Bonchev–Trinajstić information content (AvgIpc) is 3.19. The Morgan fingerprint density at radius 3 is 2.77 bits per heavy atom. The van der Waals surface area contributed by atoms with Gasteiger partial charge in [-0.2, -0.15) is 0 Å². The van der Waals surface area contributed by atoms with E-state index in [1.165, 1.54) is 12.7 Å². The molecule has 138 valence electrons. The van der Waals surface area contributed by atoms with E-state index in [4.69, 9.17) is 9.26 Å². The summed E-state index contributed by atoms with van der Waals surface area (Å²) in [5.74, 6) is 0.505. The summed E-state index contributed by atoms with van der Waals surface area (Å²) in [7, 11) is 1.56. The van der Waals surface area contributed by atoms with E-state index >= 15 is 0 Å². The Kier molecular flexibility index (Phi) is 5.88. The monoisotopic (exact) mass is 357 g/mol. The maximum absolute atomic E-state index is 13.1. The lowest BCUT2D eigenvalue weighted by Gasteiger charge is -2.34. The van der Waals surface area contributed by atoms with E-state index in [9.17, 15) is 9.59 Å². The Balaban J connectivity index is 1.77. The van der Waals surface area contributed by atoms with Gasteiger partial charge in [0.05, 0.1) is 7.11 Å². The van der Waals surface area contributed by atoms with Gasteiger partial charge < -0.3 is 19.5 Å². The van der Waals surface area contributed by atoms with Gasteiger partial charge in [-0.3, -0.25) is 9.59 Å². The summed E-state index contributed by atoms with van der Waals surface area (Å²) in [4.78, 5) is 27.2. The van der Waals surface area contributed by atoms with Crippen LogP contribution in [-0.2, 0) is 4.79 Å². The van der Waals surface area contributed by atoms with Crippen LogP contribution < -0.4 is 10.1 Å². The smallest absolute Gasteiger partial charge is 0.254 e. The van der Waals surface area contributed by atoms with E-state index in [0.717, 1.165) is 25.7 Å². The maximum atomic E-state index is 13.1. The minimum atomic E-state index is -0.291. The zero-order valence-corrected chi connectivity index (χ0v) is 14.8. The molecule has 0 radical (unpaired) electrons. The number of benzene rings is 1. The fraction of sp³-hybridized carbons (Fsp3) is 0.421. The van der Waals surface area contributed by atoms with Gasteiger partial charge in [0.2, 0.25) is 5.91 Å². The van der Waals surface area contributed by atoms with Crippen LogP contribution in [0.5, 0.6) is 5.75 Å². The highest BCUT2D eigenvalue weighted by Gasteiger charge is 2.28. The molecule has 7 heteroatoms. The number of rotatable bonds is 6. The molecule has 2 amide bonds. The van der Waals surface area contributed by atoms with E-state index < -0.39 is 0 Å². The quantitative estimate of drug-likeness (QED) is 0.859. The summed E-state index contributed by atoms with van der Waals surface area (Å²) in [5.41, 5.74) is 0.518. The van der Waals surface area contributed by atoms with Crippen LogP contribution in [0.3, 0.4) is 0 Å². The second-order valence-corrected chi connectivity index (χ2v) is 6.39. The second kappa shape index (κ2) is 8.51. The van der Waals surface area contributed by atoms with E-state index in [-0.39, 0.29) is 24.4 Å². The topological polar surface area (TPSA) is 84.7 Å². The Morgan fingerprint density at radius 2 is 2.08 bits per heavy atom. The third kappa shape index (κ3) is 4.41. The molecule has 1 heterocycles. The normalized spacial score (nSPS) is 14.7. The molecule has 2 aromatic rings. The molecule has 1 aromatic carbocycles. The van der Waals surface area contributed by atoms with Crippen LogP contribution in [0.2, 0.25) is 0 Å². The average molecular weight is 357 g/mol. The molecule has 1 aromatic heterocycles. The van der Waals surface area contributed by atoms with Gasteiger partial charge in [-0.15, -0.1) is 0 Å². The number of amides is 2. The molecule has 1 saturated carbocycles. The molecular weight excluding hydrogens is 334 g/mol. The van der Waals surface area contributed by atoms with Crippen molar-refractivity contribution in [1.82, 2.24) is 10.1 Å². The van der Waals surface area contributed by atoms with Crippen LogP contribution >= 0.6 is 0 Å². The van der Waals surface area contributed by atoms with Gasteiger partial charge in [-0.25, -0.2) is 0 Å². The first kappa shape index (κ1) is 18.0. The van der Waals surface area contributed by atoms with Gasteiger partial charge in [0.15, 0.2) is 5.82 Å². The van der Waals surface area contributed by atoms with Crippen molar-refractivity contribution in [2.45, 2.75) is 38.1 Å². The minimum absolute atomic E-state index is 0.0203. The first-order valence-corrected chi connectivity index (χ1v) is 8.82. The number of nitrogens with one attached hydrogen (secondary N) is 1. The van der Waals surface area contributed by atoms with Crippen LogP contribution in [0.4, 0.5) is 5.82 Å². The highest BCUT2D eigenvalue weighted by Crippen LogP contribution is 2.25. The summed E-state index contributed by atoms with van der Waals surface area (Å²) in [6, 6.07) is 8.64. The number of aromatic nitrogens is 1.